The average molecular weight is 446 g/mol. The van der Waals surface area contributed by atoms with Gasteiger partial charge in [-0.1, -0.05) is 0 Å². The van der Waals surface area contributed by atoms with E-state index in [-0.39, 0.29) is 18.3 Å². The molecule has 1 amide bonds. The zero-order valence-corrected chi connectivity index (χ0v) is 18.5. The van der Waals surface area contributed by atoms with E-state index in [0.717, 1.165) is 41.0 Å². The van der Waals surface area contributed by atoms with Crippen LogP contribution in [-0.4, -0.2) is 41.4 Å². The molecule has 33 heavy (non-hydrogen) atoms. The highest BCUT2D eigenvalue weighted by molar-refractivity contribution is 5.87. The lowest BCUT2D eigenvalue weighted by atomic mass is 9.98. The first-order chi connectivity index (χ1) is 16.1. The summed E-state index contributed by atoms with van der Waals surface area (Å²) in [5.41, 5.74) is 5.08. The van der Waals surface area contributed by atoms with Crippen molar-refractivity contribution in [2.24, 2.45) is 0 Å². The lowest BCUT2D eigenvalue weighted by Crippen LogP contribution is -2.28. The normalized spacial score (nSPS) is 15.2. The molecule has 0 spiro atoms. The summed E-state index contributed by atoms with van der Waals surface area (Å²) >= 11 is 0. The molecule has 0 bridgehead atoms. The smallest absolute Gasteiger partial charge is 0.240 e. The lowest BCUT2D eigenvalue weighted by molar-refractivity contribution is -0.121. The first kappa shape index (κ1) is 21.0. The Balaban J connectivity index is 1.42. The Kier molecular flexibility index (Phi) is 5.68. The summed E-state index contributed by atoms with van der Waals surface area (Å²) in [7, 11) is 0. The van der Waals surface area contributed by atoms with E-state index < -0.39 is 0 Å². The van der Waals surface area contributed by atoms with Gasteiger partial charge in [0.15, 0.2) is 0 Å². The molecule has 1 aromatic carbocycles. The minimum Gasteiger partial charge on any atom is -0.493 e. The van der Waals surface area contributed by atoms with Gasteiger partial charge in [0.25, 0.3) is 0 Å². The van der Waals surface area contributed by atoms with Gasteiger partial charge in [-0.25, -0.2) is 9.97 Å². The van der Waals surface area contributed by atoms with Gasteiger partial charge in [0.05, 0.1) is 11.0 Å². The molecule has 9 heteroatoms. The van der Waals surface area contributed by atoms with Gasteiger partial charge in [-0.2, -0.15) is 5.10 Å². The predicted molar refractivity (Wildman–Crippen MR) is 125 cm³/mol. The van der Waals surface area contributed by atoms with Crippen LogP contribution in [0.2, 0.25) is 0 Å². The molecule has 0 saturated heterocycles. The molecular weight excluding hydrogens is 418 g/mol. The molecule has 0 radical (unpaired) electrons. The number of fused-ring (bicyclic) bond motifs is 3. The van der Waals surface area contributed by atoms with Gasteiger partial charge in [-0.05, 0) is 49.6 Å². The molecule has 5 rings (SSSR count). The molecule has 170 valence electrons. The van der Waals surface area contributed by atoms with Gasteiger partial charge in [0.1, 0.15) is 12.4 Å². The number of imidazole rings is 1. The van der Waals surface area contributed by atoms with E-state index >= 15 is 0 Å². The lowest BCUT2D eigenvalue weighted by Gasteiger charge is -2.24. The van der Waals surface area contributed by atoms with Crippen LogP contribution in [0.15, 0.2) is 48.9 Å². The van der Waals surface area contributed by atoms with Crippen molar-refractivity contribution in [3.63, 3.8) is 0 Å². The minimum absolute atomic E-state index is 0.0593. The van der Waals surface area contributed by atoms with Crippen LogP contribution in [-0.2, 0) is 37.3 Å². The number of rotatable bonds is 7. The molecule has 0 saturated carbocycles. The quantitative estimate of drug-likeness (QED) is 0.403. The number of aryl methyl sites for hydroxylation is 3. The van der Waals surface area contributed by atoms with Crippen LogP contribution in [0.4, 0.5) is 5.69 Å². The zero-order valence-electron chi connectivity index (χ0n) is 18.5. The van der Waals surface area contributed by atoms with E-state index in [1.165, 1.54) is 11.8 Å². The summed E-state index contributed by atoms with van der Waals surface area (Å²) in [5.74, 6) is 0.690. The van der Waals surface area contributed by atoms with E-state index in [2.05, 4.69) is 39.8 Å². The van der Waals surface area contributed by atoms with E-state index in [4.69, 9.17) is 4.98 Å². The number of carbonyl (C=O) groups is 1. The molecule has 9 nitrogen and oxygen atoms in total. The number of hydrogen-bond acceptors (Lipinski definition) is 6. The van der Waals surface area contributed by atoms with Crippen molar-refractivity contribution in [3.05, 3.63) is 65.9 Å². The van der Waals surface area contributed by atoms with Crippen LogP contribution >= 0.6 is 0 Å². The zero-order chi connectivity index (χ0) is 22.8. The number of aromatic hydroxyl groups is 1. The summed E-state index contributed by atoms with van der Waals surface area (Å²) in [4.78, 5) is 21.6. The molecule has 3 N–H and O–H groups in total. The molecule has 0 unspecified atom stereocenters. The fourth-order valence-corrected chi connectivity index (χ4v) is 4.37. The maximum atomic E-state index is 12.9. The molecule has 1 aliphatic rings. The van der Waals surface area contributed by atoms with Crippen LogP contribution < -0.4 is 10.6 Å². The number of amides is 1. The maximum absolute atomic E-state index is 12.9. The van der Waals surface area contributed by atoms with E-state index in [0.29, 0.717) is 25.6 Å². The molecule has 1 atom stereocenters. The first-order valence-electron chi connectivity index (χ1n) is 11.2. The van der Waals surface area contributed by atoms with Crippen molar-refractivity contribution in [1.29, 1.82) is 0 Å². The van der Waals surface area contributed by atoms with Crippen molar-refractivity contribution < 1.29 is 9.90 Å². The molecular formula is C24H27N7O2. The topological polar surface area (TPSA) is 110 Å². The first-order valence-corrected chi connectivity index (χ1v) is 11.2. The number of pyridine rings is 1. The molecule has 0 aliphatic carbocycles. The van der Waals surface area contributed by atoms with Crippen molar-refractivity contribution >= 4 is 22.6 Å². The number of benzene rings is 1. The van der Waals surface area contributed by atoms with Gasteiger partial charge in [-0.15, -0.1) is 0 Å². The highest BCUT2D eigenvalue weighted by atomic mass is 16.3. The van der Waals surface area contributed by atoms with Crippen molar-refractivity contribution in [2.45, 2.75) is 51.9 Å². The molecule has 3 aromatic heterocycles. The third-order valence-electron chi connectivity index (χ3n) is 6.06. The summed E-state index contributed by atoms with van der Waals surface area (Å²) in [6, 6.07) is 9.80. The second kappa shape index (κ2) is 8.93. The number of nitrogens with zero attached hydrogens (tertiary/aromatic N) is 5. The Hall–Kier alpha value is -3.88. The Morgan fingerprint density at radius 1 is 1.30 bits per heavy atom. The largest absolute Gasteiger partial charge is 0.493 e. The van der Waals surface area contributed by atoms with E-state index in [1.807, 2.05) is 21.5 Å². The SMILES string of the molecule is C[C@H]1CCc2c(ccc3c2nc(CCn2cccn2)n3CC(=O)NCc2ccnc(O)c2)N1. The van der Waals surface area contributed by atoms with Gasteiger partial charge in [0, 0.05) is 61.5 Å². The van der Waals surface area contributed by atoms with Crippen molar-refractivity contribution in [2.75, 3.05) is 5.32 Å². The molecule has 4 aromatic rings. The standard InChI is InChI=1S/C24H27N7O2/c1-16-3-4-18-19(28-16)5-6-20-24(18)29-21(8-12-30-11-2-9-27-30)31(20)15-23(33)26-14-17-7-10-25-22(32)13-17/h2,5-7,9-11,13,16,28H,3-4,8,12,14-15H2,1H3,(H,25,32)(H,26,33)/t16-/m0/s1. The van der Waals surface area contributed by atoms with Crippen LogP contribution in [0.3, 0.4) is 0 Å². The second-order valence-corrected chi connectivity index (χ2v) is 8.48. The van der Waals surface area contributed by atoms with Crippen LogP contribution in [0.25, 0.3) is 11.0 Å². The third-order valence-corrected chi connectivity index (χ3v) is 6.06. The number of nitrogens with one attached hydrogen (secondary N) is 2. The molecule has 0 fully saturated rings. The number of aromatic nitrogens is 5. The third kappa shape index (κ3) is 4.52. The summed E-state index contributed by atoms with van der Waals surface area (Å²) in [6.07, 6.45) is 7.90. The molecule has 1 aliphatic heterocycles. The highest BCUT2D eigenvalue weighted by Gasteiger charge is 2.22. The second-order valence-electron chi connectivity index (χ2n) is 8.48. The Morgan fingerprint density at radius 3 is 3.03 bits per heavy atom. The Labute approximate surface area is 191 Å². The number of anilines is 1. The van der Waals surface area contributed by atoms with E-state index in [9.17, 15) is 9.90 Å². The predicted octanol–water partition coefficient (Wildman–Crippen LogP) is 2.64. The van der Waals surface area contributed by atoms with Crippen LogP contribution in [0.1, 0.15) is 30.3 Å². The minimum atomic E-state index is -0.115. The fraction of sp³-hybridized carbons (Fsp3) is 0.333. The van der Waals surface area contributed by atoms with Gasteiger partial charge >= 0.3 is 0 Å². The summed E-state index contributed by atoms with van der Waals surface area (Å²) in [6.45, 7) is 3.37. The van der Waals surface area contributed by atoms with Gasteiger partial charge < -0.3 is 20.3 Å². The molecule has 4 heterocycles. The highest BCUT2D eigenvalue weighted by Crippen LogP contribution is 2.32. The Bertz CT molecular complexity index is 1280. The monoisotopic (exact) mass is 445 g/mol. The summed E-state index contributed by atoms with van der Waals surface area (Å²) < 4.78 is 3.88. The maximum Gasteiger partial charge on any atom is 0.240 e. The van der Waals surface area contributed by atoms with Crippen LogP contribution in [0.5, 0.6) is 5.88 Å². The number of hydrogen-bond donors (Lipinski definition) is 3. The van der Waals surface area contributed by atoms with E-state index in [1.54, 1.807) is 18.3 Å². The van der Waals surface area contributed by atoms with Crippen LogP contribution in [0, 0.1) is 0 Å². The summed E-state index contributed by atoms with van der Waals surface area (Å²) in [5, 5.41) is 20.3. The van der Waals surface area contributed by atoms with Gasteiger partial charge in [0.2, 0.25) is 11.8 Å². The number of carbonyl (C=O) groups excluding carboxylic acids is 1. The Morgan fingerprint density at radius 2 is 2.21 bits per heavy atom. The van der Waals surface area contributed by atoms with Crippen molar-refractivity contribution in [1.82, 2.24) is 29.6 Å². The van der Waals surface area contributed by atoms with Gasteiger partial charge in [-0.3, -0.25) is 9.48 Å². The van der Waals surface area contributed by atoms with Crippen molar-refractivity contribution in [3.8, 4) is 5.88 Å². The average Bonchev–Trinajstić information content (AvgIpc) is 3.44. The fourth-order valence-electron chi connectivity index (χ4n) is 4.37.